The Morgan fingerprint density at radius 2 is 2.11 bits per heavy atom. The highest BCUT2D eigenvalue weighted by atomic mass is 32.2. The summed E-state index contributed by atoms with van der Waals surface area (Å²) < 4.78 is 25.9. The molecule has 2 aromatic rings. The van der Waals surface area contributed by atoms with Crippen LogP contribution in [0.1, 0.15) is 18.9 Å². The number of para-hydroxylation sites is 1. The van der Waals surface area contributed by atoms with Crippen molar-refractivity contribution in [3.05, 3.63) is 35.9 Å². The smallest absolute Gasteiger partial charge is 0.236 e. The number of hydrogen-bond donors (Lipinski definition) is 0. The van der Waals surface area contributed by atoms with Gasteiger partial charge in [-0.25, -0.2) is 13.4 Å². The van der Waals surface area contributed by atoms with E-state index in [1.807, 2.05) is 31.2 Å². The summed E-state index contributed by atoms with van der Waals surface area (Å²) in [6.07, 6.45) is 1.37. The number of hydrogen-bond acceptors (Lipinski definition) is 3. The molecule has 19 heavy (non-hydrogen) atoms. The lowest BCUT2D eigenvalue weighted by Crippen LogP contribution is -2.31. The van der Waals surface area contributed by atoms with E-state index >= 15 is 0 Å². The van der Waals surface area contributed by atoms with Crippen LogP contribution in [0.5, 0.6) is 0 Å². The molecule has 1 aliphatic rings. The van der Waals surface area contributed by atoms with Crippen molar-refractivity contribution in [2.45, 2.75) is 19.8 Å². The number of aromatic nitrogens is 1. The maximum Gasteiger partial charge on any atom is 0.236 e. The molecule has 0 spiro atoms. The van der Waals surface area contributed by atoms with E-state index in [1.165, 1.54) is 4.31 Å². The topological polar surface area (TPSA) is 50.3 Å². The molecule has 0 amide bonds. The lowest BCUT2D eigenvalue weighted by atomic mass is 10.1. The van der Waals surface area contributed by atoms with Gasteiger partial charge in [0.1, 0.15) is 5.82 Å². The summed E-state index contributed by atoms with van der Waals surface area (Å²) in [6.45, 7) is 2.39. The van der Waals surface area contributed by atoms with E-state index in [1.54, 1.807) is 0 Å². The van der Waals surface area contributed by atoms with E-state index in [0.717, 1.165) is 22.9 Å². The summed E-state index contributed by atoms with van der Waals surface area (Å²) in [7, 11) is -3.22. The van der Waals surface area contributed by atoms with Gasteiger partial charge in [0.2, 0.25) is 10.0 Å². The van der Waals surface area contributed by atoms with Gasteiger partial charge < -0.3 is 0 Å². The Labute approximate surface area is 113 Å². The van der Waals surface area contributed by atoms with Gasteiger partial charge in [0.25, 0.3) is 0 Å². The Bertz CT molecular complexity index is 725. The molecule has 1 aliphatic heterocycles. The SMILES string of the molecule is CCCS(=O)(=O)N1CCc2cc3ccccc3nc21. The van der Waals surface area contributed by atoms with Gasteiger partial charge in [-0.15, -0.1) is 0 Å². The zero-order valence-corrected chi connectivity index (χ0v) is 11.7. The minimum atomic E-state index is -3.22. The van der Waals surface area contributed by atoms with Crippen LogP contribution in [0.2, 0.25) is 0 Å². The second-order valence-electron chi connectivity index (χ2n) is 4.80. The number of pyridine rings is 1. The second kappa shape index (κ2) is 4.49. The van der Waals surface area contributed by atoms with Crippen LogP contribution < -0.4 is 4.31 Å². The molecule has 1 aromatic heterocycles. The van der Waals surface area contributed by atoms with E-state index in [0.29, 0.717) is 18.8 Å². The van der Waals surface area contributed by atoms with E-state index in [2.05, 4.69) is 11.1 Å². The highest BCUT2D eigenvalue weighted by molar-refractivity contribution is 7.92. The third-order valence-electron chi connectivity index (χ3n) is 3.40. The first kappa shape index (κ1) is 12.4. The quantitative estimate of drug-likeness (QED) is 0.864. The second-order valence-corrected chi connectivity index (χ2v) is 6.81. The molecule has 3 rings (SSSR count). The molecular formula is C14H16N2O2S. The fourth-order valence-electron chi connectivity index (χ4n) is 2.52. The molecule has 0 aliphatic carbocycles. The number of fused-ring (bicyclic) bond motifs is 2. The molecule has 0 saturated carbocycles. The predicted octanol–water partition coefficient (Wildman–Crippen LogP) is 2.34. The van der Waals surface area contributed by atoms with Gasteiger partial charge in [0.05, 0.1) is 11.3 Å². The number of rotatable bonds is 3. The fraction of sp³-hybridized carbons (Fsp3) is 0.357. The first-order chi connectivity index (χ1) is 9.12. The van der Waals surface area contributed by atoms with E-state index in [-0.39, 0.29) is 5.75 Å². The van der Waals surface area contributed by atoms with Gasteiger partial charge in [-0.3, -0.25) is 4.31 Å². The van der Waals surface area contributed by atoms with Crippen molar-refractivity contribution in [3.8, 4) is 0 Å². The molecule has 0 atom stereocenters. The third kappa shape index (κ3) is 2.08. The molecular weight excluding hydrogens is 260 g/mol. The van der Waals surface area contributed by atoms with Crippen LogP contribution in [0.25, 0.3) is 10.9 Å². The summed E-state index contributed by atoms with van der Waals surface area (Å²) in [5.74, 6) is 0.799. The fourth-order valence-corrected chi connectivity index (χ4v) is 4.04. The third-order valence-corrected chi connectivity index (χ3v) is 5.35. The summed E-state index contributed by atoms with van der Waals surface area (Å²) in [4.78, 5) is 4.53. The molecule has 0 unspecified atom stereocenters. The molecule has 1 aromatic carbocycles. The summed E-state index contributed by atoms with van der Waals surface area (Å²) in [5, 5.41) is 1.07. The van der Waals surface area contributed by atoms with Crippen LogP contribution in [0, 0.1) is 0 Å². The van der Waals surface area contributed by atoms with Crippen LogP contribution in [0.15, 0.2) is 30.3 Å². The zero-order chi connectivity index (χ0) is 13.5. The lowest BCUT2D eigenvalue weighted by molar-refractivity contribution is 0.590. The first-order valence-electron chi connectivity index (χ1n) is 6.51. The molecule has 0 fully saturated rings. The standard InChI is InChI=1S/C14H16N2O2S/c1-2-9-19(17,18)16-8-7-12-10-11-5-3-4-6-13(11)15-14(12)16/h3-6,10H,2,7-9H2,1H3. The zero-order valence-electron chi connectivity index (χ0n) is 10.8. The van der Waals surface area contributed by atoms with Crippen LogP contribution in [-0.2, 0) is 16.4 Å². The van der Waals surface area contributed by atoms with Crippen molar-refractivity contribution < 1.29 is 8.42 Å². The lowest BCUT2D eigenvalue weighted by Gasteiger charge is -2.18. The maximum atomic E-state index is 12.2. The van der Waals surface area contributed by atoms with Gasteiger partial charge in [-0.1, -0.05) is 25.1 Å². The summed E-state index contributed by atoms with van der Waals surface area (Å²) >= 11 is 0. The van der Waals surface area contributed by atoms with Crippen molar-refractivity contribution in [1.82, 2.24) is 4.98 Å². The highest BCUT2D eigenvalue weighted by Gasteiger charge is 2.30. The van der Waals surface area contributed by atoms with Gasteiger partial charge in [0, 0.05) is 11.9 Å². The van der Waals surface area contributed by atoms with Gasteiger partial charge in [-0.2, -0.15) is 0 Å². The Morgan fingerprint density at radius 1 is 1.32 bits per heavy atom. The number of anilines is 1. The van der Waals surface area contributed by atoms with E-state index in [9.17, 15) is 8.42 Å². The molecule has 0 N–H and O–H groups in total. The van der Waals surface area contributed by atoms with Crippen LogP contribution in [0.3, 0.4) is 0 Å². The number of benzene rings is 1. The van der Waals surface area contributed by atoms with Gasteiger partial charge >= 0.3 is 0 Å². The molecule has 4 nitrogen and oxygen atoms in total. The van der Waals surface area contributed by atoms with Gasteiger partial charge in [0.15, 0.2) is 0 Å². The highest BCUT2D eigenvalue weighted by Crippen LogP contribution is 2.31. The van der Waals surface area contributed by atoms with Crippen LogP contribution >= 0.6 is 0 Å². The van der Waals surface area contributed by atoms with Crippen LogP contribution in [0.4, 0.5) is 5.82 Å². The first-order valence-corrected chi connectivity index (χ1v) is 8.12. The number of nitrogens with zero attached hydrogens (tertiary/aromatic N) is 2. The summed E-state index contributed by atoms with van der Waals surface area (Å²) in [6, 6.07) is 9.86. The Balaban J connectivity index is 2.12. The Morgan fingerprint density at radius 3 is 2.89 bits per heavy atom. The van der Waals surface area contributed by atoms with E-state index in [4.69, 9.17) is 0 Å². The van der Waals surface area contributed by atoms with Crippen molar-refractivity contribution in [2.24, 2.45) is 0 Å². The average Bonchev–Trinajstić information content (AvgIpc) is 2.79. The van der Waals surface area contributed by atoms with Crippen LogP contribution in [-0.4, -0.2) is 25.7 Å². The largest absolute Gasteiger partial charge is 0.253 e. The Hall–Kier alpha value is -1.62. The summed E-state index contributed by atoms with van der Waals surface area (Å²) in [5.41, 5.74) is 1.87. The molecule has 0 bridgehead atoms. The molecule has 0 radical (unpaired) electrons. The number of sulfonamides is 1. The minimum absolute atomic E-state index is 0.181. The average molecular weight is 276 g/mol. The molecule has 100 valence electrons. The van der Waals surface area contributed by atoms with E-state index < -0.39 is 10.0 Å². The van der Waals surface area contributed by atoms with Gasteiger partial charge in [-0.05, 0) is 30.5 Å². The van der Waals surface area contributed by atoms with Crippen molar-refractivity contribution >= 4 is 26.7 Å². The van der Waals surface area contributed by atoms with Crippen molar-refractivity contribution in [1.29, 1.82) is 0 Å². The molecule has 5 heteroatoms. The van der Waals surface area contributed by atoms with Crippen molar-refractivity contribution in [2.75, 3.05) is 16.6 Å². The predicted molar refractivity (Wildman–Crippen MR) is 76.9 cm³/mol. The maximum absolute atomic E-state index is 12.2. The minimum Gasteiger partial charge on any atom is -0.253 e. The molecule has 2 heterocycles. The normalized spacial score (nSPS) is 14.9. The Kier molecular flexibility index (Phi) is 2.93. The molecule has 0 saturated heterocycles. The monoisotopic (exact) mass is 276 g/mol. The van der Waals surface area contributed by atoms with Crippen molar-refractivity contribution in [3.63, 3.8) is 0 Å².